The van der Waals surface area contributed by atoms with Gasteiger partial charge in [-0.15, -0.1) is 13.2 Å². The summed E-state index contributed by atoms with van der Waals surface area (Å²) in [4.78, 5) is 2.01. The van der Waals surface area contributed by atoms with Gasteiger partial charge in [0, 0.05) is 7.05 Å². The maximum atomic E-state index is 6.47. The number of para-hydroxylation sites is 1. The molecule has 1 heterocycles. The molecule has 2 rings (SSSR count). The average Bonchev–Trinajstić information content (AvgIpc) is 2.88. The lowest BCUT2D eigenvalue weighted by Crippen LogP contribution is -2.44. The van der Waals surface area contributed by atoms with Crippen molar-refractivity contribution in [3.05, 3.63) is 66.4 Å². The zero-order valence-corrected chi connectivity index (χ0v) is 16.4. The minimum Gasteiger partial charge on any atom is -0.446 e. The van der Waals surface area contributed by atoms with Gasteiger partial charge in [0.15, 0.2) is 8.32 Å². The normalized spacial score (nSPS) is 19.0. The summed E-state index contributed by atoms with van der Waals surface area (Å²) >= 11 is 0. The first-order chi connectivity index (χ1) is 10.8. The van der Waals surface area contributed by atoms with Crippen molar-refractivity contribution in [3.63, 3.8) is 0 Å². The summed E-state index contributed by atoms with van der Waals surface area (Å²) in [6.45, 7) is 14.4. The van der Waals surface area contributed by atoms with Crippen LogP contribution in [0.2, 0.25) is 19.6 Å². The highest BCUT2D eigenvalue weighted by molar-refractivity contribution is 6.92. The van der Waals surface area contributed by atoms with Crippen LogP contribution >= 0.6 is 0 Å². The first-order valence-electron chi connectivity index (χ1n) is 7.62. The van der Waals surface area contributed by atoms with Crippen molar-refractivity contribution in [2.24, 2.45) is 5.10 Å². The van der Waals surface area contributed by atoms with E-state index in [0.29, 0.717) is 0 Å². The fraction of sp³-hybridized carbons (Fsp3) is 0.235. The molecular formula is C17H25N3OSi2. The van der Waals surface area contributed by atoms with Crippen molar-refractivity contribution in [3.8, 4) is 0 Å². The molecule has 0 bridgehead atoms. The van der Waals surface area contributed by atoms with Crippen molar-refractivity contribution in [1.29, 1.82) is 0 Å². The van der Waals surface area contributed by atoms with Gasteiger partial charge in [-0.25, -0.2) is 5.01 Å². The van der Waals surface area contributed by atoms with E-state index in [1.165, 1.54) is 0 Å². The highest BCUT2D eigenvalue weighted by atomic mass is 28.4. The second-order valence-corrected chi connectivity index (χ2v) is 13.8. The van der Waals surface area contributed by atoms with Gasteiger partial charge in [-0.2, -0.15) is 5.10 Å². The molecule has 23 heavy (non-hydrogen) atoms. The van der Waals surface area contributed by atoms with Gasteiger partial charge in [0.05, 0.1) is 5.69 Å². The molecule has 1 aliphatic rings. The highest BCUT2D eigenvalue weighted by Crippen LogP contribution is 2.27. The molecule has 1 aliphatic heterocycles. The minimum atomic E-state index is -2.23. The summed E-state index contributed by atoms with van der Waals surface area (Å²) in [5.74, 6) is 0.999. The third kappa shape index (κ3) is 4.10. The van der Waals surface area contributed by atoms with Gasteiger partial charge in [-0.3, -0.25) is 0 Å². The zero-order chi connectivity index (χ0) is 17.1. The van der Waals surface area contributed by atoms with E-state index in [-0.39, 0.29) is 0 Å². The second-order valence-electron chi connectivity index (χ2n) is 6.29. The Hall–Kier alpha value is -1.90. The Labute approximate surface area is 141 Å². The molecule has 1 aromatic carbocycles. The lowest BCUT2D eigenvalue weighted by molar-refractivity contribution is 0.572. The van der Waals surface area contributed by atoms with Gasteiger partial charge in [0.2, 0.25) is 8.32 Å². The quantitative estimate of drug-likeness (QED) is 0.731. The largest absolute Gasteiger partial charge is 0.446 e. The van der Waals surface area contributed by atoms with Crippen LogP contribution in [0.3, 0.4) is 0 Å². The summed E-state index contributed by atoms with van der Waals surface area (Å²) in [5, 5.41) is 6.42. The van der Waals surface area contributed by atoms with Gasteiger partial charge in [-0.1, -0.05) is 29.6 Å². The minimum absolute atomic E-state index is 0.999. The summed E-state index contributed by atoms with van der Waals surface area (Å²) in [7, 11) is -2.14. The first kappa shape index (κ1) is 17.5. The fourth-order valence-electron chi connectivity index (χ4n) is 2.32. The van der Waals surface area contributed by atoms with Crippen LogP contribution in [0, 0.1) is 0 Å². The number of hydrogen-bond acceptors (Lipinski definition) is 4. The summed E-state index contributed by atoms with van der Waals surface area (Å²) in [5.41, 5.74) is 7.15. The fourth-order valence-corrected chi connectivity index (χ4v) is 8.72. The predicted octanol–water partition coefficient (Wildman–Crippen LogP) is 4.01. The third-order valence-electron chi connectivity index (χ3n) is 3.72. The highest BCUT2D eigenvalue weighted by Gasteiger charge is 2.34. The Balaban J connectivity index is 2.37. The SMILES string of the molecule is C=C[Si](C)(C)O[Si](C)(C=C)C=C1N(C)C=NN1c1ccccc1. The number of hydrazone groups is 1. The molecule has 122 valence electrons. The molecular weight excluding hydrogens is 318 g/mol. The lowest BCUT2D eigenvalue weighted by atomic mass is 10.3. The molecule has 0 aliphatic carbocycles. The van der Waals surface area contributed by atoms with E-state index in [4.69, 9.17) is 4.12 Å². The molecule has 1 atom stereocenters. The molecule has 0 fully saturated rings. The summed E-state index contributed by atoms with van der Waals surface area (Å²) in [6.07, 6.45) is 1.81. The number of nitrogens with zero attached hydrogens (tertiary/aromatic N) is 3. The molecule has 6 heteroatoms. The molecule has 0 amide bonds. The van der Waals surface area contributed by atoms with E-state index >= 15 is 0 Å². The molecule has 0 radical (unpaired) electrons. The van der Waals surface area contributed by atoms with Gasteiger partial charge in [0.25, 0.3) is 0 Å². The van der Waals surface area contributed by atoms with Crippen molar-refractivity contribution < 1.29 is 4.12 Å². The Morgan fingerprint density at radius 3 is 2.30 bits per heavy atom. The molecule has 0 N–H and O–H groups in total. The van der Waals surface area contributed by atoms with Gasteiger partial charge < -0.3 is 9.02 Å². The van der Waals surface area contributed by atoms with Gasteiger partial charge in [-0.05, 0) is 37.5 Å². The molecule has 1 aromatic rings. The standard InChI is InChI=1S/C17H25N3OSi2/c1-7-22(4,5)21-23(6,8-2)14-17-19(3)15-18-20(17)16-12-10-9-11-13-16/h7-15H,1-2H2,3-6H3. The molecule has 0 saturated carbocycles. The van der Waals surface area contributed by atoms with Gasteiger partial charge in [0.1, 0.15) is 12.2 Å². The van der Waals surface area contributed by atoms with E-state index < -0.39 is 16.6 Å². The van der Waals surface area contributed by atoms with Crippen LogP contribution < -0.4 is 5.01 Å². The average molecular weight is 344 g/mol. The van der Waals surface area contributed by atoms with Crippen molar-refractivity contribution in [2.45, 2.75) is 19.6 Å². The Bertz CT molecular complexity index is 642. The van der Waals surface area contributed by atoms with E-state index in [0.717, 1.165) is 11.5 Å². The Morgan fingerprint density at radius 1 is 1.09 bits per heavy atom. The number of anilines is 1. The molecule has 1 unspecified atom stereocenters. The molecule has 0 spiro atoms. The number of rotatable bonds is 6. The van der Waals surface area contributed by atoms with Crippen molar-refractivity contribution in [1.82, 2.24) is 4.90 Å². The first-order valence-corrected chi connectivity index (χ1v) is 13.2. The predicted molar refractivity (Wildman–Crippen MR) is 104 cm³/mol. The maximum Gasteiger partial charge on any atom is 0.230 e. The summed E-state index contributed by atoms with van der Waals surface area (Å²) < 4.78 is 6.47. The Morgan fingerprint density at radius 2 is 1.74 bits per heavy atom. The second kappa shape index (κ2) is 6.70. The van der Waals surface area contributed by atoms with E-state index in [1.54, 1.807) is 0 Å². The van der Waals surface area contributed by atoms with E-state index in [1.807, 2.05) is 65.0 Å². The van der Waals surface area contributed by atoms with Gasteiger partial charge >= 0.3 is 0 Å². The number of hydrogen-bond donors (Lipinski definition) is 0. The topological polar surface area (TPSA) is 28.1 Å². The van der Waals surface area contributed by atoms with Crippen molar-refractivity contribution >= 4 is 28.7 Å². The maximum absolute atomic E-state index is 6.47. The lowest BCUT2D eigenvalue weighted by Gasteiger charge is -2.32. The Kier molecular flexibility index (Phi) is 5.08. The third-order valence-corrected chi connectivity index (χ3v) is 10.2. The van der Waals surface area contributed by atoms with E-state index in [2.05, 4.69) is 43.6 Å². The van der Waals surface area contributed by atoms with Crippen LogP contribution in [-0.4, -0.2) is 34.9 Å². The van der Waals surface area contributed by atoms with Crippen LogP contribution in [-0.2, 0) is 4.12 Å². The van der Waals surface area contributed by atoms with Crippen LogP contribution in [0.1, 0.15) is 0 Å². The van der Waals surface area contributed by atoms with Crippen molar-refractivity contribution in [2.75, 3.05) is 12.1 Å². The van der Waals surface area contributed by atoms with Crippen LogP contribution in [0.15, 0.2) is 71.5 Å². The zero-order valence-electron chi connectivity index (χ0n) is 14.4. The molecule has 0 aromatic heterocycles. The monoisotopic (exact) mass is 343 g/mol. The van der Waals surface area contributed by atoms with Crippen LogP contribution in [0.5, 0.6) is 0 Å². The van der Waals surface area contributed by atoms with E-state index in [9.17, 15) is 0 Å². The van der Waals surface area contributed by atoms with Crippen LogP contribution in [0.25, 0.3) is 0 Å². The van der Waals surface area contributed by atoms with Crippen LogP contribution in [0.4, 0.5) is 5.69 Å². The molecule has 0 saturated heterocycles. The number of benzene rings is 1. The smallest absolute Gasteiger partial charge is 0.230 e. The molecule has 4 nitrogen and oxygen atoms in total. The summed E-state index contributed by atoms with van der Waals surface area (Å²) in [6, 6.07) is 10.1.